The van der Waals surface area contributed by atoms with Gasteiger partial charge >= 0.3 is 18.1 Å². The number of esters is 2. The van der Waals surface area contributed by atoms with Crippen LogP contribution in [0.1, 0.15) is 40.4 Å². The molecule has 0 heterocycles. The number of aryl methyl sites for hydroxylation is 1. The highest BCUT2D eigenvalue weighted by Gasteiger charge is 2.36. The Morgan fingerprint density at radius 2 is 1.77 bits per heavy atom. The van der Waals surface area contributed by atoms with E-state index in [9.17, 15) is 22.8 Å². The quantitative estimate of drug-likeness (QED) is 0.783. The van der Waals surface area contributed by atoms with Gasteiger partial charge in [0, 0.05) is 6.42 Å². The van der Waals surface area contributed by atoms with Crippen molar-refractivity contribution in [2.45, 2.75) is 32.4 Å². The van der Waals surface area contributed by atoms with Crippen molar-refractivity contribution in [3.63, 3.8) is 0 Å². The summed E-state index contributed by atoms with van der Waals surface area (Å²) in [4.78, 5) is 23.1. The Morgan fingerprint density at radius 1 is 1.14 bits per heavy atom. The highest BCUT2D eigenvalue weighted by molar-refractivity contribution is 5.93. The molecule has 0 amide bonds. The van der Waals surface area contributed by atoms with Crippen LogP contribution in [0.5, 0.6) is 0 Å². The Bertz CT molecular complexity index is 565. The van der Waals surface area contributed by atoms with Gasteiger partial charge in [0.1, 0.15) is 0 Å². The van der Waals surface area contributed by atoms with Gasteiger partial charge in [0.05, 0.1) is 25.3 Å². The van der Waals surface area contributed by atoms with Gasteiger partial charge in [0.15, 0.2) is 0 Å². The van der Waals surface area contributed by atoms with Crippen molar-refractivity contribution in [1.82, 2.24) is 0 Å². The second-order valence-corrected chi connectivity index (χ2v) is 4.54. The summed E-state index contributed by atoms with van der Waals surface area (Å²) in [5.41, 5.74) is -0.846. The number of carbonyl (C=O) groups excluding carboxylic acids is 2. The van der Waals surface area contributed by atoms with Gasteiger partial charge in [0.2, 0.25) is 0 Å². The smallest absolute Gasteiger partial charge is 0.416 e. The lowest BCUT2D eigenvalue weighted by Gasteiger charge is -2.18. The van der Waals surface area contributed by atoms with Crippen LogP contribution in [0.2, 0.25) is 0 Å². The summed E-state index contributed by atoms with van der Waals surface area (Å²) in [5.74, 6) is -1.49. The number of hydrogen-bond acceptors (Lipinski definition) is 4. The van der Waals surface area contributed by atoms with Gasteiger partial charge in [-0.25, -0.2) is 4.79 Å². The summed E-state index contributed by atoms with van der Waals surface area (Å²) in [7, 11) is 2.25. The molecule has 1 rings (SSSR count). The van der Waals surface area contributed by atoms with Crippen molar-refractivity contribution >= 4 is 11.9 Å². The van der Waals surface area contributed by atoms with E-state index < -0.39 is 23.7 Å². The Kier molecular flexibility index (Phi) is 5.96. The highest BCUT2D eigenvalue weighted by atomic mass is 19.4. The van der Waals surface area contributed by atoms with Crippen molar-refractivity contribution < 1.29 is 32.2 Å². The van der Waals surface area contributed by atoms with Crippen molar-refractivity contribution in [1.29, 1.82) is 0 Å². The Hall–Kier alpha value is -2.05. The number of alkyl halides is 3. The van der Waals surface area contributed by atoms with Crippen molar-refractivity contribution in [3.8, 4) is 0 Å². The van der Waals surface area contributed by atoms with Crippen LogP contribution >= 0.6 is 0 Å². The summed E-state index contributed by atoms with van der Waals surface area (Å²) in [6.07, 6.45) is -4.76. The molecule has 0 fully saturated rings. The molecule has 0 aromatic heterocycles. The van der Waals surface area contributed by atoms with E-state index in [4.69, 9.17) is 0 Å². The van der Waals surface area contributed by atoms with E-state index in [-0.39, 0.29) is 24.0 Å². The maximum atomic E-state index is 13.2. The predicted molar refractivity (Wildman–Crippen MR) is 72.5 cm³/mol. The molecule has 1 aromatic carbocycles. The number of methoxy groups -OCH3 is 2. The molecule has 0 bridgehead atoms. The molecule has 4 nitrogen and oxygen atoms in total. The summed E-state index contributed by atoms with van der Waals surface area (Å²) in [6, 6.07) is 2.19. The molecule has 0 saturated carbocycles. The van der Waals surface area contributed by atoms with Crippen LogP contribution in [0.25, 0.3) is 0 Å². The van der Waals surface area contributed by atoms with E-state index in [0.29, 0.717) is 12.0 Å². The zero-order valence-corrected chi connectivity index (χ0v) is 12.5. The van der Waals surface area contributed by atoms with Crippen molar-refractivity contribution in [2.24, 2.45) is 0 Å². The molecule has 22 heavy (non-hydrogen) atoms. The topological polar surface area (TPSA) is 52.6 Å². The number of benzene rings is 1. The fraction of sp³-hybridized carbons (Fsp3) is 0.467. The molecule has 0 saturated heterocycles. The summed E-state index contributed by atoms with van der Waals surface area (Å²) in [6.45, 7) is 1.72. The molecule has 7 heteroatoms. The highest BCUT2D eigenvalue weighted by Crippen LogP contribution is 2.35. The molecule has 0 aliphatic heterocycles. The van der Waals surface area contributed by atoms with Crippen molar-refractivity contribution in [2.75, 3.05) is 14.2 Å². The van der Waals surface area contributed by atoms with E-state index in [1.54, 1.807) is 6.92 Å². The summed E-state index contributed by atoms with van der Waals surface area (Å²) in [5, 5.41) is 0. The van der Waals surface area contributed by atoms with Crippen LogP contribution in [-0.2, 0) is 33.3 Å². The standard InChI is InChI=1S/C15H17F3O4/c1-4-9-5-7-11(15(16,17)18)10(6-8-12(19)21-2)13(9)14(20)22-3/h5,7H,4,6,8H2,1-3H3. The average molecular weight is 318 g/mol. The zero-order valence-electron chi connectivity index (χ0n) is 12.5. The average Bonchev–Trinajstić information content (AvgIpc) is 2.49. The lowest BCUT2D eigenvalue weighted by atomic mass is 9.91. The molecule has 0 N–H and O–H groups in total. The van der Waals surface area contributed by atoms with E-state index in [1.165, 1.54) is 6.07 Å². The third-order valence-electron chi connectivity index (χ3n) is 3.28. The van der Waals surface area contributed by atoms with Crippen LogP contribution in [-0.4, -0.2) is 26.2 Å². The first-order chi connectivity index (χ1) is 10.3. The lowest BCUT2D eigenvalue weighted by molar-refractivity contribution is -0.142. The fourth-order valence-electron chi connectivity index (χ4n) is 2.20. The predicted octanol–water partition coefficient (Wildman–Crippen LogP) is 3.16. The fourth-order valence-corrected chi connectivity index (χ4v) is 2.20. The summed E-state index contributed by atoms with van der Waals surface area (Å²) >= 11 is 0. The first kappa shape index (κ1) is 18.0. The normalized spacial score (nSPS) is 11.2. The van der Waals surface area contributed by atoms with Crippen molar-refractivity contribution in [3.05, 3.63) is 34.4 Å². The van der Waals surface area contributed by atoms with Gasteiger partial charge in [-0.05, 0) is 30.0 Å². The van der Waals surface area contributed by atoms with Gasteiger partial charge in [-0.3, -0.25) is 4.79 Å². The molecule has 0 spiro atoms. The van der Waals surface area contributed by atoms with E-state index in [1.807, 2.05) is 0 Å². The van der Waals surface area contributed by atoms with Gasteiger partial charge in [-0.15, -0.1) is 0 Å². The molecule has 0 unspecified atom stereocenters. The van der Waals surface area contributed by atoms with Gasteiger partial charge in [-0.1, -0.05) is 13.0 Å². The minimum absolute atomic E-state index is 0.122. The van der Waals surface area contributed by atoms with Gasteiger partial charge < -0.3 is 9.47 Å². The SMILES string of the molecule is CCc1ccc(C(F)(F)F)c(CCC(=O)OC)c1C(=O)OC. The largest absolute Gasteiger partial charge is 0.469 e. The van der Waals surface area contributed by atoms with Crippen LogP contribution in [0.15, 0.2) is 12.1 Å². The molecule has 0 aliphatic rings. The second-order valence-electron chi connectivity index (χ2n) is 4.54. The minimum Gasteiger partial charge on any atom is -0.469 e. The number of halogens is 3. The van der Waals surface area contributed by atoms with E-state index in [2.05, 4.69) is 9.47 Å². The Morgan fingerprint density at radius 3 is 2.23 bits per heavy atom. The first-order valence-electron chi connectivity index (χ1n) is 6.63. The molecule has 0 atom stereocenters. The maximum absolute atomic E-state index is 13.2. The van der Waals surface area contributed by atoms with Gasteiger partial charge in [0.25, 0.3) is 0 Å². The third-order valence-corrected chi connectivity index (χ3v) is 3.28. The molecular weight excluding hydrogens is 301 g/mol. The van der Waals surface area contributed by atoms with Crippen LogP contribution in [0.3, 0.4) is 0 Å². The molecule has 1 aromatic rings. The molecule has 122 valence electrons. The second kappa shape index (κ2) is 7.29. The molecule has 0 radical (unpaired) electrons. The van der Waals surface area contributed by atoms with E-state index in [0.717, 1.165) is 20.3 Å². The lowest BCUT2D eigenvalue weighted by Crippen LogP contribution is -2.18. The maximum Gasteiger partial charge on any atom is 0.416 e. The number of carbonyl (C=O) groups is 2. The van der Waals surface area contributed by atoms with Crippen LogP contribution in [0, 0.1) is 0 Å². The number of hydrogen-bond donors (Lipinski definition) is 0. The van der Waals surface area contributed by atoms with E-state index >= 15 is 0 Å². The summed E-state index contributed by atoms with van der Waals surface area (Å²) < 4.78 is 48.6. The molecular formula is C15H17F3O4. The first-order valence-corrected chi connectivity index (χ1v) is 6.63. The Balaban J connectivity index is 3.47. The van der Waals surface area contributed by atoms with Crippen LogP contribution < -0.4 is 0 Å². The monoisotopic (exact) mass is 318 g/mol. The van der Waals surface area contributed by atoms with Crippen LogP contribution in [0.4, 0.5) is 13.2 Å². The minimum atomic E-state index is -4.62. The Labute approximate surface area is 126 Å². The number of ether oxygens (including phenoxy) is 2. The zero-order chi connectivity index (χ0) is 16.9. The number of rotatable bonds is 5. The molecule has 0 aliphatic carbocycles. The third kappa shape index (κ3) is 3.99. The van der Waals surface area contributed by atoms with Gasteiger partial charge in [-0.2, -0.15) is 13.2 Å².